The summed E-state index contributed by atoms with van der Waals surface area (Å²) in [6, 6.07) is 19.7. The second-order valence-corrected chi connectivity index (χ2v) is 9.59. The molecule has 3 aromatic rings. The molecule has 2 aliphatic rings. The van der Waals surface area contributed by atoms with Crippen LogP contribution in [0.2, 0.25) is 0 Å². The first-order valence-corrected chi connectivity index (χ1v) is 12.1. The molecule has 0 unspecified atom stereocenters. The fourth-order valence-corrected chi connectivity index (χ4v) is 4.78. The fourth-order valence-electron chi connectivity index (χ4n) is 4.78. The van der Waals surface area contributed by atoms with Crippen molar-refractivity contribution in [2.75, 3.05) is 10.2 Å². The number of carbonyl (C=O) groups is 3. The van der Waals surface area contributed by atoms with Crippen LogP contribution in [0.3, 0.4) is 0 Å². The average molecular weight is 481 g/mol. The van der Waals surface area contributed by atoms with Gasteiger partial charge in [-0.2, -0.15) is 0 Å². The summed E-state index contributed by atoms with van der Waals surface area (Å²) in [6.45, 7) is 6.09. The summed E-state index contributed by atoms with van der Waals surface area (Å²) >= 11 is 0. The third kappa shape index (κ3) is 4.54. The second-order valence-electron chi connectivity index (χ2n) is 9.59. The number of nitrogens with one attached hydrogen (secondary N) is 1. The Balaban J connectivity index is 1.23. The lowest BCUT2D eigenvalue weighted by molar-refractivity contribution is -0.122. The number of aryl methyl sites for hydroxylation is 2. The topological polar surface area (TPSA) is 75.7 Å². The highest BCUT2D eigenvalue weighted by molar-refractivity contribution is 6.22. The highest BCUT2D eigenvalue weighted by atomic mass is 16.5. The number of rotatable bonds is 5. The van der Waals surface area contributed by atoms with Gasteiger partial charge in [0.1, 0.15) is 11.5 Å². The zero-order chi connectivity index (χ0) is 25.4. The molecular weight excluding hydrogens is 452 g/mol. The first-order chi connectivity index (χ1) is 17.3. The summed E-state index contributed by atoms with van der Waals surface area (Å²) in [5, 5.41) is 2.87. The molecule has 5 rings (SSSR count). The molecule has 0 saturated carbocycles. The van der Waals surface area contributed by atoms with Crippen molar-refractivity contribution in [3.63, 3.8) is 0 Å². The predicted octanol–water partition coefficient (Wildman–Crippen LogP) is 6.19. The molecule has 1 heterocycles. The minimum Gasteiger partial charge on any atom is -0.457 e. The molecule has 0 aromatic heterocycles. The van der Waals surface area contributed by atoms with Gasteiger partial charge < -0.3 is 10.1 Å². The van der Waals surface area contributed by atoms with Crippen molar-refractivity contribution in [1.82, 2.24) is 0 Å². The van der Waals surface area contributed by atoms with Gasteiger partial charge in [0.25, 0.3) is 5.91 Å². The summed E-state index contributed by atoms with van der Waals surface area (Å²) < 4.78 is 5.90. The van der Waals surface area contributed by atoms with Crippen LogP contribution in [0.5, 0.6) is 11.5 Å². The van der Waals surface area contributed by atoms with Gasteiger partial charge in [-0.1, -0.05) is 17.7 Å². The van der Waals surface area contributed by atoms with Crippen LogP contribution in [0, 0.1) is 25.7 Å². The molecule has 6 heteroatoms. The number of nitrogens with zero attached hydrogens (tertiary/aromatic N) is 1. The summed E-state index contributed by atoms with van der Waals surface area (Å²) in [6.07, 6.45) is 3.28. The molecule has 2 atom stereocenters. The van der Waals surface area contributed by atoms with Gasteiger partial charge in [0.15, 0.2) is 0 Å². The molecule has 0 spiro atoms. The van der Waals surface area contributed by atoms with Crippen molar-refractivity contribution in [2.45, 2.75) is 33.6 Å². The molecule has 0 bridgehead atoms. The van der Waals surface area contributed by atoms with Gasteiger partial charge >= 0.3 is 0 Å². The zero-order valence-corrected chi connectivity index (χ0v) is 20.6. The summed E-state index contributed by atoms with van der Waals surface area (Å²) in [4.78, 5) is 39.8. The van der Waals surface area contributed by atoms with Crippen LogP contribution in [0.1, 0.15) is 41.3 Å². The lowest BCUT2D eigenvalue weighted by Gasteiger charge is -2.18. The quantitative estimate of drug-likeness (QED) is 0.349. The Morgan fingerprint density at radius 3 is 2.19 bits per heavy atom. The number of amides is 3. The number of carbonyl (C=O) groups excluding carboxylic acids is 3. The molecule has 1 fully saturated rings. The largest absolute Gasteiger partial charge is 0.457 e. The number of ether oxygens (including phenoxy) is 1. The van der Waals surface area contributed by atoms with Gasteiger partial charge in [-0.25, -0.2) is 0 Å². The number of allylic oxidation sites excluding steroid dienone is 2. The molecule has 3 aromatic carbocycles. The summed E-state index contributed by atoms with van der Waals surface area (Å²) in [5.41, 5.74) is 5.08. The number of fused-ring (bicyclic) bond motifs is 1. The van der Waals surface area contributed by atoms with Gasteiger partial charge in [-0.05, 0) is 105 Å². The monoisotopic (exact) mass is 480 g/mol. The van der Waals surface area contributed by atoms with Crippen molar-refractivity contribution >= 4 is 29.1 Å². The smallest absolute Gasteiger partial charge is 0.255 e. The summed E-state index contributed by atoms with van der Waals surface area (Å²) in [5.74, 6) is 0.268. The number of imide groups is 1. The number of anilines is 2. The Morgan fingerprint density at radius 1 is 0.833 bits per heavy atom. The van der Waals surface area contributed by atoms with Gasteiger partial charge in [-0.15, -0.1) is 0 Å². The maximum Gasteiger partial charge on any atom is 0.255 e. The first kappa shape index (κ1) is 23.5. The molecule has 1 saturated heterocycles. The number of benzene rings is 3. The highest BCUT2D eigenvalue weighted by Gasteiger charge is 2.48. The summed E-state index contributed by atoms with van der Waals surface area (Å²) in [7, 11) is 0. The van der Waals surface area contributed by atoms with E-state index in [9.17, 15) is 14.4 Å². The molecule has 36 heavy (non-hydrogen) atoms. The SMILES string of the molecule is CC1=CC[C@@H]2C(=O)N(c3ccc(C(=O)Nc4ccc(Oc5ccc(C)c(C)c5)cc4)cc3)C(=O)[C@@H]2C1. The van der Waals surface area contributed by atoms with Crippen molar-refractivity contribution in [3.8, 4) is 11.5 Å². The third-order valence-corrected chi connectivity index (χ3v) is 7.04. The Morgan fingerprint density at radius 2 is 1.50 bits per heavy atom. The highest BCUT2D eigenvalue weighted by Crippen LogP contribution is 2.39. The fraction of sp³-hybridized carbons (Fsp3) is 0.233. The van der Waals surface area contributed by atoms with Crippen LogP contribution in [-0.4, -0.2) is 17.7 Å². The molecule has 1 N–H and O–H groups in total. The molecule has 182 valence electrons. The van der Waals surface area contributed by atoms with Gasteiger partial charge in [0.2, 0.25) is 11.8 Å². The molecule has 3 amide bonds. The van der Waals surface area contributed by atoms with E-state index in [0.29, 0.717) is 35.5 Å². The van der Waals surface area contributed by atoms with Gasteiger partial charge in [0.05, 0.1) is 17.5 Å². The average Bonchev–Trinajstić information content (AvgIpc) is 3.11. The van der Waals surface area contributed by atoms with E-state index in [1.54, 1.807) is 48.5 Å². The van der Waals surface area contributed by atoms with Crippen LogP contribution >= 0.6 is 0 Å². The molecule has 0 radical (unpaired) electrons. The molecule has 1 aliphatic heterocycles. The van der Waals surface area contributed by atoms with Crippen molar-refractivity contribution in [1.29, 1.82) is 0 Å². The van der Waals surface area contributed by atoms with E-state index >= 15 is 0 Å². The van der Waals surface area contributed by atoms with E-state index in [0.717, 1.165) is 16.9 Å². The Kier molecular flexibility index (Phi) is 6.18. The maximum atomic E-state index is 12.9. The molecular formula is C30H28N2O4. The van der Waals surface area contributed by atoms with Crippen molar-refractivity contribution in [2.24, 2.45) is 11.8 Å². The Hall–Kier alpha value is -4.19. The Labute approximate surface area is 210 Å². The normalized spacial score (nSPS) is 19.1. The van der Waals surface area contributed by atoms with Crippen LogP contribution in [-0.2, 0) is 9.59 Å². The standard InChI is InChI=1S/C30H28N2O4/c1-18-4-15-26-27(16-18)30(35)32(29(26)34)23-10-6-21(7-11-23)28(33)31-22-8-13-24(14-9-22)36-25-12-5-19(2)20(3)17-25/h4-14,17,26-27H,15-16H2,1-3H3,(H,31,33)/t26-,27+/m0/s1. The predicted molar refractivity (Wildman–Crippen MR) is 139 cm³/mol. The van der Waals surface area contributed by atoms with Crippen LogP contribution in [0.15, 0.2) is 78.4 Å². The second kappa shape index (κ2) is 9.46. The number of hydrogen-bond acceptors (Lipinski definition) is 4. The molecule has 6 nitrogen and oxygen atoms in total. The van der Waals surface area contributed by atoms with Gasteiger partial charge in [-0.3, -0.25) is 19.3 Å². The van der Waals surface area contributed by atoms with Crippen molar-refractivity contribution in [3.05, 3.63) is 95.1 Å². The van der Waals surface area contributed by atoms with E-state index in [1.165, 1.54) is 10.5 Å². The lowest BCUT2D eigenvalue weighted by Crippen LogP contribution is -2.30. The third-order valence-electron chi connectivity index (χ3n) is 7.04. The Bertz CT molecular complexity index is 1370. The maximum absolute atomic E-state index is 12.9. The van der Waals surface area contributed by atoms with E-state index in [-0.39, 0.29) is 29.6 Å². The minimum atomic E-state index is -0.286. The zero-order valence-electron chi connectivity index (χ0n) is 20.6. The van der Waals surface area contributed by atoms with E-state index in [1.807, 2.05) is 38.1 Å². The van der Waals surface area contributed by atoms with Gasteiger partial charge in [0, 0.05) is 11.3 Å². The van der Waals surface area contributed by atoms with Crippen LogP contribution < -0.4 is 15.0 Å². The van der Waals surface area contributed by atoms with E-state index < -0.39 is 0 Å². The van der Waals surface area contributed by atoms with E-state index in [4.69, 9.17) is 4.74 Å². The van der Waals surface area contributed by atoms with Crippen molar-refractivity contribution < 1.29 is 19.1 Å². The minimum absolute atomic E-state index is 0.155. The van der Waals surface area contributed by atoms with Crippen LogP contribution in [0.25, 0.3) is 0 Å². The van der Waals surface area contributed by atoms with E-state index in [2.05, 4.69) is 12.2 Å². The molecule has 1 aliphatic carbocycles. The van der Waals surface area contributed by atoms with Crippen LogP contribution in [0.4, 0.5) is 11.4 Å². The number of hydrogen-bond donors (Lipinski definition) is 1. The first-order valence-electron chi connectivity index (χ1n) is 12.1. The lowest BCUT2D eigenvalue weighted by atomic mass is 9.82.